The van der Waals surface area contributed by atoms with Crippen molar-refractivity contribution in [2.45, 2.75) is 0 Å². The number of carbonyl (C=O) groups excluding carboxylic acids is 1. The molecule has 1 N–H and O–H groups in total. The van der Waals surface area contributed by atoms with Crippen molar-refractivity contribution in [2.75, 3.05) is 19.5 Å². The number of nitrogens with one attached hydrogen (secondary N) is 1. The van der Waals surface area contributed by atoms with Gasteiger partial charge >= 0.3 is 5.00 Å². The number of ether oxygens (including phenoxy) is 2. The van der Waals surface area contributed by atoms with E-state index in [-0.39, 0.29) is 10.9 Å². The van der Waals surface area contributed by atoms with E-state index in [2.05, 4.69) is 10.3 Å². The number of thiophene rings is 1. The fraction of sp³-hybridized carbons (Fsp3) is 0.111. The number of nitro groups is 1. The standard InChI is InChI=1S/C18H15N3O5S2/c1-25-11-3-6-13(15(9-11)26-2)14-10-27-18(19-14)20-16(22)7-4-12-5-8-17(28-12)21(23)24/h3-10H,1-2H3,(H,19,20,22). The molecular weight excluding hydrogens is 402 g/mol. The second-order valence-electron chi connectivity index (χ2n) is 5.36. The second kappa shape index (κ2) is 8.63. The van der Waals surface area contributed by atoms with Crippen molar-refractivity contribution < 1.29 is 19.2 Å². The lowest BCUT2D eigenvalue weighted by Gasteiger charge is -2.08. The molecule has 3 aromatic rings. The molecule has 0 radical (unpaired) electrons. The van der Waals surface area contributed by atoms with E-state index >= 15 is 0 Å². The number of hydrogen-bond donors (Lipinski definition) is 1. The average molecular weight is 417 g/mol. The highest BCUT2D eigenvalue weighted by Gasteiger charge is 2.12. The SMILES string of the molecule is COc1ccc(-c2csc(NC(=O)C=Cc3ccc([N+](=O)[O-])s3)n2)c(OC)c1. The van der Waals surface area contributed by atoms with Crippen molar-refractivity contribution in [3.63, 3.8) is 0 Å². The number of methoxy groups -OCH3 is 2. The summed E-state index contributed by atoms with van der Waals surface area (Å²) in [5, 5.41) is 15.6. The molecule has 10 heteroatoms. The molecule has 1 amide bonds. The van der Waals surface area contributed by atoms with Crippen LogP contribution in [0, 0.1) is 10.1 Å². The third-order valence-electron chi connectivity index (χ3n) is 3.61. The first-order valence-electron chi connectivity index (χ1n) is 7.91. The maximum Gasteiger partial charge on any atom is 0.324 e. The van der Waals surface area contributed by atoms with Gasteiger partial charge in [0.2, 0.25) is 5.91 Å². The van der Waals surface area contributed by atoms with Crippen LogP contribution in [0.4, 0.5) is 10.1 Å². The summed E-state index contributed by atoms with van der Waals surface area (Å²) >= 11 is 2.28. The molecule has 0 bridgehead atoms. The van der Waals surface area contributed by atoms with Gasteiger partial charge in [0.15, 0.2) is 5.13 Å². The highest BCUT2D eigenvalue weighted by atomic mass is 32.1. The molecule has 28 heavy (non-hydrogen) atoms. The molecule has 0 fully saturated rings. The van der Waals surface area contributed by atoms with Gasteiger partial charge in [0.05, 0.1) is 24.8 Å². The molecule has 8 nitrogen and oxygen atoms in total. The quantitative estimate of drug-likeness (QED) is 0.346. The van der Waals surface area contributed by atoms with Gasteiger partial charge in [-0.2, -0.15) is 0 Å². The molecule has 0 aliphatic rings. The summed E-state index contributed by atoms with van der Waals surface area (Å²) in [6.07, 6.45) is 2.83. The minimum atomic E-state index is -0.466. The molecule has 3 rings (SSSR count). The van der Waals surface area contributed by atoms with E-state index < -0.39 is 4.92 Å². The van der Waals surface area contributed by atoms with E-state index in [4.69, 9.17) is 9.47 Å². The second-order valence-corrected chi connectivity index (χ2v) is 7.31. The number of thiazole rings is 1. The number of amides is 1. The van der Waals surface area contributed by atoms with E-state index in [0.717, 1.165) is 16.9 Å². The third kappa shape index (κ3) is 4.53. The van der Waals surface area contributed by atoms with Crippen molar-refractivity contribution in [2.24, 2.45) is 0 Å². The lowest BCUT2D eigenvalue weighted by atomic mass is 10.1. The molecule has 0 aliphatic carbocycles. The summed E-state index contributed by atoms with van der Waals surface area (Å²) in [5.41, 5.74) is 1.44. The van der Waals surface area contributed by atoms with Crippen LogP contribution in [0.1, 0.15) is 4.88 Å². The van der Waals surface area contributed by atoms with Crippen LogP contribution in [0.25, 0.3) is 17.3 Å². The highest BCUT2D eigenvalue weighted by molar-refractivity contribution is 7.16. The molecule has 0 atom stereocenters. The van der Waals surface area contributed by atoms with Crippen molar-refractivity contribution >= 4 is 44.8 Å². The Morgan fingerprint density at radius 3 is 2.75 bits per heavy atom. The number of aromatic nitrogens is 1. The summed E-state index contributed by atoms with van der Waals surface area (Å²) in [6, 6.07) is 8.39. The van der Waals surface area contributed by atoms with Crippen molar-refractivity contribution in [3.8, 4) is 22.8 Å². The van der Waals surface area contributed by atoms with E-state index in [1.54, 1.807) is 32.4 Å². The normalized spacial score (nSPS) is 10.8. The number of carbonyl (C=O) groups is 1. The number of nitrogens with zero attached hydrogens (tertiary/aromatic N) is 2. The third-order valence-corrected chi connectivity index (χ3v) is 5.37. The Labute approximate surface area is 168 Å². The molecule has 0 spiro atoms. The molecule has 0 saturated carbocycles. The molecule has 2 heterocycles. The number of hydrogen-bond acceptors (Lipinski definition) is 8. The zero-order valence-electron chi connectivity index (χ0n) is 14.9. The zero-order valence-corrected chi connectivity index (χ0v) is 16.5. The summed E-state index contributed by atoms with van der Waals surface area (Å²) in [5.74, 6) is 0.906. The van der Waals surface area contributed by atoms with Crippen LogP contribution >= 0.6 is 22.7 Å². The first kappa shape index (κ1) is 19.5. The van der Waals surface area contributed by atoms with Gasteiger partial charge in [0.25, 0.3) is 0 Å². The van der Waals surface area contributed by atoms with Gasteiger partial charge in [-0.15, -0.1) is 11.3 Å². The molecule has 144 valence electrons. The topological polar surface area (TPSA) is 104 Å². The van der Waals surface area contributed by atoms with Gasteiger partial charge in [-0.05, 0) is 24.3 Å². The van der Waals surface area contributed by atoms with Gasteiger partial charge in [-0.1, -0.05) is 11.3 Å². The van der Waals surface area contributed by atoms with E-state index in [1.807, 2.05) is 11.4 Å². The molecular formula is C18H15N3O5S2. The van der Waals surface area contributed by atoms with Gasteiger partial charge < -0.3 is 9.47 Å². The number of rotatable bonds is 7. The molecule has 0 aliphatic heterocycles. The van der Waals surface area contributed by atoms with Crippen LogP contribution in [0.15, 0.2) is 41.8 Å². The Morgan fingerprint density at radius 1 is 1.25 bits per heavy atom. The van der Waals surface area contributed by atoms with Crippen molar-refractivity contribution in [3.05, 3.63) is 56.8 Å². The van der Waals surface area contributed by atoms with Gasteiger partial charge in [-0.3, -0.25) is 20.2 Å². The fourth-order valence-electron chi connectivity index (χ4n) is 2.30. The van der Waals surface area contributed by atoms with Gasteiger partial charge in [0.1, 0.15) is 11.5 Å². The van der Waals surface area contributed by atoms with Crippen LogP contribution in [0.2, 0.25) is 0 Å². The average Bonchev–Trinajstić information content (AvgIpc) is 3.35. The monoisotopic (exact) mass is 417 g/mol. The summed E-state index contributed by atoms with van der Waals surface area (Å²) < 4.78 is 10.6. The minimum Gasteiger partial charge on any atom is -0.497 e. The predicted octanol–water partition coefficient (Wildman–Crippen LogP) is 4.45. The Hall–Kier alpha value is -3.24. The first-order valence-corrected chi connectivity index (χ1v) is 9.61. The summed E-state index contributed by atoms with van der Waals surface area (Å²) in [6.45, 7) is 0. The number of benzene rings is 1. The summed E-state index contributed by atoms with van der Waals surface area (Å²) in [4.78, 5) is 27.3. The van der Waals surface area contributed by atoms with Crippen LogP contribution in [-0.2, 0) is 4.79 Å². The smallest absolute Gasteiger partial charge is 0.324 e. The van der Waals surface area contributed by atoms with Gasteiger partial charge in [0, 0.05) is 34.0 Å². The Morgan fingerprint density at radius 2 is 2.07 bits per heavy atom. The van der Waals surface area contributed by atoms with Crippen LogP contribution in [0.3, 0.4) is 0 Å². The van der Waals surface area contributed by atoms with E-state index in [9.17, 15) is 14.9 Å². The van der Waals surface area contributed by atoms with Crippen LogP contribution in [0.5, 0.6) is 11.5 Å². The van der Waals surface area contributed by atoms with Crippen molar-refractivity contribution in [1.29, 1.82) is 0 Å². The van der Waals surface area contributed by atoms with Crippen LogP contribution < -0.4 is 14.8 Å². The lowest BCUT2D eigenvalue weighted by Crippen LogP contribution is -2.07. The van der Waals surface area contributed by atoms with Crippen molar-refractivity contribution in [1.82, 2.24) is 4.98 Å². The molecule has 0 unspecified atom stereocenters. The Kier molecular flexibility index (Phi) is 6.02. The minimum absolute atomic E-state index is 0.0260. The highest BCUT2D eigenvalue weighted by Crippen LogP contribution is 2.34. The van der Waals surface area contributed by atoms with E-state index in [0.29, 0.717) is 27.2 Å². The Bertz CT molecular complexity index is 1040. The Balaban J connectivity index is 1.69. The maximum absolute atomic E-state index is 12.1. The summed E-state index contributed by atoms with van der Waals surface area (Å²) in [7, 11) is 3.14. The maximum atomic E-state index is 12.1. The molecule has 1 aromatic carbocycles. The number of anilines is 1. The molecule has 2 aromatic heterocycles. The van der Waals surface area contributed by atoms with E-state index in [1.165, 1.54) is 29.6 Å². The first-order chi connectivity index (χ1) is 13.5. The largest absolute Gasteiger partial charge is 0.497 e. The van der Waals surface area contributed by atoms with Crippen LogP contribution in [-0.4, -0.2) is 30.0 Å². The zero-order chi connectivity index (χ0) is 20.1. The van der Waals surface area contributed by atoms with Gasteiger partial charge in [-0.25, -0.2) is 4.98 Å². The lowest BCUT2D eigenvalue weighted by molar-refractivity contribution is -0.380. The molecule has 0 saturated heterocycles. The fourth-order valence-corrected chi connectivity index (χ4v) is 3.74. The predicted molar refractivity (Wildman–Crippen MR) is 109 cm³/mol.